The largest absolute Gasteiger partial charge is 0.481 e. The van der Waals surface area contributed by atoms with E-state index >= 15 is 0 Å². The smallest absolute Gasteiger partial charge is 0.306 e. The molecule has 0 aromatic heterocycles. The van der Waals surface area contributed by atoms with Gasteiger partial charge < -0.3 is 26.6 Å². The number of carboxylic acid groups (broad SMARTS) is 2. The van der Waals surface area contributed by atoms with E-state index in [9.17, 15) is 33.9 Å². The van der Waals surface area contributed by atoms with Crippen LogP contribution >= 0.6 is 0 Å². The van der Waals surface area contributed by atoms with Crippen molar-refractivity contribution in [3.63, 3.8) is 0 Å². The van der Waals surface area contributed by atoms with Crippen molar-refractivity contribution < 1.29 is 39.0 Å². The topological polar surface area (TPSA) is 193 Å². The highest BCUT2D eigenvalue weighted by molar-refractivity contribution is 5.94. The number of amides is 3. The summed E-state index contributed by atoms with van der Waals surface area (Å²) in [6, 6.07) is 6.33. The second kappa shape index (κ2) is 27.1. The molecule has 1 aromatic carbocycles. The quantitative estimate of drug-likeness (QED) is 0.0537. The van der Waals surface area contributed by atoms with Crippen molar-refractivity contribution in [2.45, 2.75) is 154 Å². The highest BCUT2D eigenvalue weighted by Gasteiger charge is 2.24. The summed E-state index contributed by atoms with van der Waals surface area (Å²) in [5.41, 5.74) is 7.09. The number of aryl methyl sites for hydroxylation is 1. The fraction of sp³-hybridized carbons (Fsp3) is 0.684. The molecule has 0 saturated carbocycles. The van der Waals surface area contributed by atoms with Gasteiger partial charge in [-0.15, -0.1) is 0 Å². The van der Waals surface area contributed by atoms with Crippen LogP contribution in [0.5, 0.6) is 0 Å². The van der Waals surface area contributed by atoms with E-state index in [2.05, 4.69) is 10.6 Å². The van der Waals surface area contributed by atoms with Crippen LogP contribution in [0.3, 0.4) is 0 Å². The average molecular weight is 688 g/mol. The van der Waals surface area contributed by atoms with E-state index in [4.69, 9.17) is 10.8 Å². The number of aliphatic carboxylic acids is 2. The van der Waals surface area contributed by atoms with Gasteiger partial charge in [-0.05, 0) is 57.6 Å². The molecule has 0 aliphatic carbocycles. The minimum absolute atomic E-state index is 0.00375. The Hall–Kier alpha value is -3.76. The highest BCUT2D eigenvalue weighted by atomic mass is 16.4. The summed E-state index contributed by atoms with van der Waals surface area (Å²) in [4.78, 5) is 71.3. The zero-order chi connectivity index (χ0) is 36.3. The Kier molecular flexibility index (Phi) is 23.9. The van der Waals surface area contributed by atoms with Crippen molar-refractivity contribution in [3.05, 3.63) is 35.4 Å². The Morgan fingerprint density at radius 2 is 1.16 bits per heavy atom. The lowest BCUT2D eigenvalue weighted by atomic mass is 9.94. The molecule has 6 N–H and O–H groups in total. The lowest BCUT2D eigenvalue weighted by molar-refractivity contribution is -0.144. The lowest BCUT2D eigenvalue weighted by Crippen LogP contribution is -2.44. The molecule has 0 aliphatic rings. The Morgan fingerprint density at radius 3 is 1.65 bits per heavy atom. The van der Waals surface area contributed by atoms with Crippen molar-refractivity contribution in [1.29, 1.82) is 0 Å². The summed E-state index contributed by atoms with van der Waals surface area (Å²) in [5, 5.41) is 23.7. The number of primary amides is 1. The molecule has 276 valence electrons. The number of carbonyl (C=O) groups excluding carboxylic acids is 4. The van der Waals surface area contributed by atoms with Crippen molar-refractivity contribution in [2.75, 3.05) is 6.54 Å². The van der Waals surface area contributed by atoms with Crippen LogP contribution in [-0.2, 0) is 24.0 Å². The van der Waals surface area contributed by atoms with Crippen molar-refractivity contribution in [1.82, 2.24) is 10.6 Å². The van der Waals surface area contributed by atoms with E-state index < -0.39 is 35.7 Å². The third-order valence-electron chi connectivity index (χ3n) is 8.84. The normalized spacial score (nSPS) is 12.2. The fourth-order valence-corrected chi connectivity index (χ4v) is 5.75. The molecule has 0 radical (unpaired) electrons. The molecule has 0 bridgehead atoms. The average Bonchev–Trinajstić information content (AvgIpc) is 3.05. The van der Waals surface area contributed by atoms with Gasteiger partial charge in [0.2, 0.25) is 11.8 Å². The van der Waals surface area contributed by atoms with Crippen LogP contribution in [0.1, 0.15) is 157 Å². The summed E-state index contributed by atoms with van der Waals surface area (Å²) in [7, 11) is 0. The number of hydrogen-bond acceptors (Lipinski definition) is 6. The van der Waals surface area contributed by atoms with Gasteiger partial charge in [0.1, 0.15) is 11.8 Å². The first-order valence-corrected chi connectivity index (χ1v) is 18.4. The minimum atomic E-state index is -1.11. The SMILES string of the molecule is Cc1ccc(C(=O)NCCCC[C@H](NC(=O)CC[C@H](CC(=O)CCCCCCCCCCCCCCCCC(=O)O)C(=O)O)C(N)=O)cc1. The van der Waals surface area contributed by atoms with E-state index in [-0.39, 0.29) is 37.4 Å². The van der Waals surface area contributed by atoms with Gasteiger partial charge in [-0.3, -0.25) is 28.8 Å². The molecule has 0 aliphatic heterocycles. The molecule has 0 saturated heterocycles. The molecule has 2 atom stereocenters. The van der Waals surface area contributed by atoms with Crippen LogP contribution < -0.4 is 16.4 Å². The molecular formula is C38H61N3O8. The Labute approximate surface area is 292 Å². The number of unbranched alkanes of at least 4 members (excludes halogenated alkanes) is 14. The number of rotatable bonds is 31. The third kappa shape index (κ3) is 23.3. The van der Waals surface area contributed by atoms with Crippen LogP contribution in [0, 0.1) is 12.8 Å². The van der Waals surface area contributed by atoms with Crippen molar-refractivity contribution in [2.24, 2.45) is 11.7 Å². The number of ketones is 1. The maximum absolute atomic E-state index is 12.5. The molecular weight excluding hydrogens is 626 g/mol. The summed E-state index contributed by atoms with van der Waals surface area (Å²) in [6.45, 7) is 2.35. The van der Waals surface area contributed by atoms with Crippen LogP contribution in [0.4, 0.5) is 0 Å². The molecule has 49 heavy (non-hydrogen) atoms. The van der Waals surface area contributed by atoms with Crippen LogP contribution in [0.2, 0.25) is 0 Å². The molecule has 1 rings (SSSR count). The number of nitrogens with two attached hydrogens (primary N) is 1. The van der Waals surface area contributed by atoms with Gasteiger partial charge in [0, 0.05) is 37.8 Å². The monoisotopic (exact) mass is 687 g/mol. The number of carbonyl (C=O) groups is 6. The number of benzene rings is 1. The maximum Gasteiger partial charge on any atom is 0.306 e. The summed E-state index contributed by atoms with van der Waals surface area (Å²) in [5.74, 6) is -4.25. The zero-order valence-corrected chi connectivity index (χ0v) is 29.6. The van der Waals surface area contributed by atoms with E-state index in [1.807, 2.05) is 19.1 Å². The minimum Gasteiger partial charge on any atom is -0.481 e. The van der Waals surface area contributed by atoms with E-state index in [1.54, 1.807) is 12.1 Å². The first-order chi connectivity index (χ1) is 23.5. The van der Waals surface area contributed by atoms with Crippen LogP contribution in [0.25, 0.3) is 0 Å². The standard InChI is InChI=1S/C38H61N3O8/c1-29-21-23-30(24-22-29)37(47)40-27-17-16-19-33(36(39)46)41-34(43)26-25-31(38(48)49)28-32(42)18-14-12-10-8-6-4-2-3-5-7-9-11-13-15-20-35(44)45/h21-24,31,33H,2-20,25-28H2,1H3,(H2,39,46)(H,40,47)(H,41,43)(H,44,45)(H,48,49)/t31-,33+/m1/s1. The van der Waals surface area contributed by atoms with Gasteiger partial charge in [-0.2, -0.15) is 0 Å². The maximum atomic E-state index is 12.5. The number of hydrogen-bond donors (Lipinski definition) is 5. The van der Waals surface area contributed by atoms with Crippen LogP contribution in [-0.4, -0.2) is 58.2 Å². The Balaban J connectivity index is 2.14. The first-order valence-electron chi connectivity index (χ1n) is 18.4. The first kappa shape index (κ1) is 43.3. The fourth-order valence-electron chi connectivity index (χ4n) is 5.75. The Bertz CT molecular complexity index is 1140. The molecule has 3 amide bonds. The second-order valence-corrected chi connectivity index (χ2v) is 13.3. The summed E-state index contributed by atoms with van der Waals surface area (Å²) in [6.07, 6.45) is 17.0. The molecule has 0 unspecified atom stereocenters. The Morgan fingerprint density at radius 1 is 0.653 bits per heavy atom. The van der Waals surface area contributed by atoms with Gasteiger partial charge in [0.05, 0.1) is 5.92 Å². The highest BCUT2D eigenvalue weighted by Crippen LogP contribution is 2.17. The van der Waals surface area contributed by atoms with E-state index in [1.165, 1.54) is 44.9 Å². The lowest BCUT2D eigenvalue weighted by Gasteiger charge is -2.17. The number of Topliss-reactive ketones (excluding diaryl/α,β-unsaturated/α-hetero) is 1. The zero-order valence-electron chi connectivity index (χ0n) is 29.6. The van der Waals surface area contributed by atoms with E-state index in [0.717, 1.165) is 50.5 Å². The molecule has 11 nitrogen and oxygen atoms in total. The summed E-state index contributed by atoms with van der Waals surface area (Å²) >= 11 is 0. The predicted molar refractivity (Wildman–Crippen MR) is 190 cm³/mol. The third-order valence-corrected chi connectivity index (χ3v) is 8.84. The predicted octanol–water partition coefficient (Wildman–Crippen LogP) is 6.63. The van der Waals surface area contributed by atoms with Gasteiger partial charge in [0.25, 0.3) is 5.91 Å². The molecule has 1 aromatic rings. The second-order valence-electron chi connectivity index (χ2n) is 13.3. The van der Waals surface area contributed by atoms with Crippen molar-refractivity contribution >= 4 is 35.4 Å². The van der Waals surface area contributed by atoms with Gasteiger partial charge in [0.15, 0.2) is 0 Å². The molecule has 0 fully saturated rings. The molecule has 0 heterocycles. The number of carboxylic acids is 2. The van der Waals surface area contributed by atoms with Crippen LogP contribution in [0.15, 0.2) is 24.3 Å². The summed E-state index contributed by atoms with van der Waals surface area (Å²) < 4.78 is 0. The van der Waals surface area contributed by atoms with E-state index in [0.29, 0.717) is 37.8 Å². The van der Waals surface area contributed by atoms with Gasteiger partial charge in [-0.1, -0.05) is 94.7 Å². The van der Waals surface area contributed by atoms with Gasteiger partial charge in [-0.25, -0.2) is 0 Å². The number of nitrogens with one attached hydrogen (secondary N) is 2. The van der Waals surface area contributed by atoms with Gasteiger partial charge >= 0.3 is 11.9 Å². The van der Waals surface area contributed by atoms with Crippen molar-refractivity contribution in [3.8, 4) is 0 Å². The molecule has 0 spiro atoms. The molecule has 11 heteroatoms.